The van der Waals surface area contributed by atoms with Gasteiger partial charge in [0.15, 0.2) is 0 Å². The first-order valence-corrected chi connectivity index (χ1v) is 9.72. The van der Waals surface area contributed by atoms with E-state index in [9.17, 15) is 14.5 Å². The number of nitrogens with zero attached hydrogens (tertiary/aromatic N) is 6. The van der Waals surface area contributed by atoms with Gasteiger partial charge in [-0.05, 0) is 18.2 Å². The predicted molar refractivity (Wildman–Crippen MR) is 117 cm³/mol. The minimum atomic E-state index is -0.473. The van der Waals surface area contributed by atoms with Crippen molar-refractivity contribution in [3.63, 3.8) is 0 Å². The third-order valence-corrected chi connectivity index (χ3v) is 4.53. The molecule has 0 saturated carbocycles. The van der Waals surface area contributed by atoms with Gasteiger partial charge in [0, 0.05) is 36.5 Å². The van der Waals surface area contributed by atoms with Gasteiger partial charge in [-0.3, -0.25) is 10.1 Å². The number of nitro benzene ring substituents is 1. The molecule has 1 fully saturated rings. The second-order valence-electron chi connectivity index (χ2n) is 6.70. The van der Waals surface area contributed by atoms with Gasteiger partial charge >= 0.3 is 0 Å². The second kappa shape index (κ2) is 9.75. The number of hydrazone groups is 1. The first-order chi connectivity index (χ1) is 15.6. The molecule has 0 unspecified atom stereocenters. The van der Waals surface area contributed by atoms with E-state index < -0.39 is 10.7 Å². The molecule has 2 N–H and O–H groups in total. The van der Waals surface area contributed by atoms with E-state index in [-0.39, 0.29) is 17.6 Å². The Morgan fingerprint density at radius 3 is 2.50 bits per heavy atom. The normalized spacial score (nSPS) is 13.8. The Morgan fingerprint density at radius 2 is 1.78 bits per heavy atom. The molecule has 0 spiro atoms. The van der Waals surface area contributed by atoms with Crippen LogP contribution in [0.3, 0.4) is 0 Å². The van der Waals surface area contributed by atoms with E-state index in [0.29, 0.717) is 43.5 Å². The van der Waals surface area contributed by atoms with Crippen LogP contribution in [0.25, 0.3) is 0 Å². The molecule has 2 heterocycles. The van der Waals surface area contributed by atoms with Crippen LogP contribution in [0.2, 0.25) is 0 Å². The van der Waals surface area contributed by atoms with Crippen molar-refractivity contribution >= 4 is 35.4 Å². The third-order valence-electron chi connectivity index (χ3n) is 4.53. The molecule has 1 aromatic heterocycles. The Kier molecular flexibility index (Phi) is 6.41. The quantitative estimate of drug-likeness (QED) is 0.325. The number of rotatable bonds is 7. The van der Waals surface area contributed by atoms with Gasteiger partial charge in [-0.25, -0.2) is 9.82 Å². The van der Waals surface area contributed by atoms with Crippen LogP contribution < -0.4 is 15.6 Å². The SMILES string of the molecule is O=[N+]([O-])c1ccc(Nc2nc(N/N=C\c3ccccc3F)nc(N3CCOCC3)n2)cc1. The zero-order valence-corrected chi connectivity index (χ0v) is 16.8. The average Bonchev–Trinajstić information content (AvgIpc) is 2.81. The molecule has 2 aromatic carbocycles. The Labute approximate surface area is 182 Å². The molecule has 12 heteroatoms. The van der Waals surface area contributed by atoms with E-state index >= 15 is 0 Å². The summed E-state index contributed by atoms with van der Waals surface area (Å²) < 4.78 is 19.2. The Bertz CT molecular complexity index is 1120. The fourth-order valence-corrected chi connectivity index (χ4v) is 2.91. The average molecular weight is 438 g/mol. The van der Waals surface area contributed by atoms with Crippen molar-refractivity contribution in [2.45, 2.75) is 0 Å². The molecule has 0 atom stereocenters. The Balaban J connectivity index is 1.57. The first-order valence-electron chi connectivity index (χ1n) is 9.72. The van der Waals surface area contributed by atoms with Crippen LogP contribution in [0.15, 0.2) is 53.6 Å². The highest BCUT2D eigenvalue weighted by Crippen LogP contribution is 2.21. The van der Waals surface area contributed by atoms with Gasteiger partial charge < -0.3 is 15.0 Å². The summed E-state index contributed by atoms with van der Waals surface area (Å²) in [6.45, 7) is 2.31. The summed E-state index contributed by atoms with van der Waals surface area (Å²) in [6.07, 6.45) is 1.33. The first kappa shape index (κ1) is 21.1. The fraction of sp³-hybridized carbons (Fsp3) is 0.200. The van der Waals surface area contributed by atoms with E-state index in [4.69, 9.17) is 4.74 Å². The molecular formula is C20H19FN8O3. The standard InChI is InChI=1S/C20H19FN8O3/c21-17-4-2-1-3-14(17)13-22-27-19-24-18(23-15-5-7-16(8-6-15)29(30)31)25-20(26-19)28-9-11-32-12-10-28/h1-8,13H,9-12H2,(H2,23,24,25,26,27)/b22-13-. The number of morpholine rings is 1. The lowest BCUT2D eigenvalue weighted by Gasteiger charge is -2.27. The van der Waals surface area contributed by atoms with Crippen molar-refractivity contribution in [2.24, 2.45) is 5.10 Å². The molecule has 11 nitrogen and oxygen atoms in total. The highest BCUT2D eigenvalue weighted by molar-refractivity contribution is 5.80. The smallest absolute Gasteiger partial charge is 0.269 e. The molecule has 0 amide bonds. The molecule has 32 heavy (non-hydrogen) atoms. The van der Waals surface area contributed by atoms with Crippen LogP contribution in [0, 0.1) is 15.9 Å². The lowest BCUT2D eigenvalue weighted by molar-refractivity contribution is -0.384. The maximum Gasteiger partial charge on any atom is 0.269 e. The minimum Gasteiger partial charge on any atom is -0.378 e. The van der Waals surface area contributed by atoms with E-state index in [1.54, 1.807) is 30.3 Å². The molecule has 164 valence electrons. The predicted octanol–water partition coefficient (Wildman–Crippen LogP) is 2.95. The fourth-order valence-electron chi connectivity index (χ4n) is 2.91. The lowest BCUT2D eigenvalue weighted by Crippen LogP contribution is -2.37. The summed E-state index contributed by atoms with van der Waals surface area (Å²) in [5.41, 5.74) is 3.56. The van der Waals surface area contributed by atoms with Crippen molar-refractivity contribution in [3.8, 4) is 0 Å². The number of benzene rings is 2. The zero-order valence-electron chi connectivity index (χ0n) is 16.8. The monoisotopic (exact) mass is 438 g/mol. The van der Waals surface area contributed by atoms with Crippen LogP contribution >= 0.6 is 0 Å². The van der Waals surface area contributed by atoms with Gasteiger partial charge in [0.2, 0.25) is 17.8 Å². The van der Waals surface area contributed by atoms with Crippen molar-refractivity contribution in [1.82, 2.24) is 15.0 Å². The van der Waals surface area contributed by atoms with E-state index in [1.165, 1.54) is 24.4 Å². The number of nitro groups is 1. The van der Waals surface area contributed by atoms with Crippen LogP contribution in [-0.2, 0) is 4.74 Å². The van der Waals surface area contributed by atoms with Gasteiger partial charge in [0.05, 0.1) is 24.4 Å². The summed E-state index contributed by atoms with van der Waals surface area (Å²) in [7, 11) is 0. The van der Waals surface area contributed by atoms with E-state index in [2.05, 4.69) is 30.8 Å². The number of non-ortho nitro benzene ring substituents is 1. The summed E-state index contributed by atoms with van der Waals surface area (Å²) >= 11 is 0. The van der Waals surface area contributed by atoms with E-state index in [0.717, 1.165) is 0 Å². The maximum atomic E-state index is 13.8. The summed E-state index contributed by atoms with van der Waals surface area (Å²) in [4.78, 5) is 25.4. The van der Waals surface area contributed by atoms with Crippen LogP contribution in [0.5, 0.6) is 0 Å². The maximum absolute atomic E-state index is 13.8. The second-order valence-corrected chi connectivity index (χ2v) is 6.70. The molecule has 1 saturated heterocycles. The molecule has 0 radical (unpaired) electrons. The van der Waals surface area contributed by atoms with Crippen LogP contribution in [0.1, 0.15) is 5.56 Å². The number of ether oxygens (including phenoxy) is 1. The summed E-state index contributed by atoms with van der Waals surface area (Å²) in [5, 5.41) is 17.9. The highest BCUT2D eigenvalue weighted by Gasteiger charge is 2.17. The number of aromatic nitrogens is 3. The highest BCUT2D eigenvalue weighted by atomic mass is 19.1. The Hall–Kier alpha value is -4.19. The van der Waals surface area contributed by atoms with Gasteiger partial charge in [-0.15, -0.1) is 0 Å². The largest absolute Gasteiger partial charge is 0.378 e. The molecular weight excluding hydrogens is 419 g/mol. The van der Waals surface area contributed by atoms with Gasteiger partial charge in [-0.1, -0.05) is 18.2 Å². The van der Waals surface area contributed by atoms with Crippen molar-refractivity contribution in [2.75, 3.05) is 41.9 Å². The summed E-state index contributed by atoms with van der Waals surface area (Å²) in [6, 6.07) is 12.1. The zero-order chi connectivity index (χ0) is 22.3. The topological polar surface area (TPSA) is 131 Å². The van der Waals surface area contributed by atoms with Crippen molar-refractivity contribution in [1.29, 1.82) is 0 Å². The van der Waals surface area contributed by atoms with Crippen molar-refractivity contribution < 1.29 is 14.1 Å². The molecule has 4 rings (SSSR count). The van der Waals surface area contributed by atoms with E-state index in [1.807, 2.05) is 4.90 Å². The molecule has 0 bridgehead atoms. The number of anilines is 4. The Morgan fingerprint density at radius 1 is 1.06 bits per heavy atom. The number of hydrogen-bond acceptors (Lipinski definition) is 10. The minimum absolute atomic E-state index is 0.0231. The summed E-state index contributed by atoms with van der Waals surface area (Å²) in [5.74, 6) is 0.386. The van der Waals surface area contributed by atoms with Crippen LogP contribution in [0.4, 0.5) is 33.6 Å². The van der Waals surface area contributed by atoms with Crippen LogP contribution in [-0.4, -0.2) is 52.4 Å². The molecule has 3 aromatic rings. The molecule has 1 aliphatic heterocycles. The van der Waals surface area contributed by atoms with Gasteiger partial charge in [0.25, 0.3) is 5.69 Å². The lowest BCUT2D eigenvalue weighted by atomic mass is 10.2. The third kappa shape index (κ3) is 5.29. The van der Waals surface area contributed by atoms with Gasteiger partial charge in [0.1, 0.15) is 5.82 Å². The number of hydrogen-bond donors (Lipinski definition) is 2. The molecule has 0 aliphatic carbocycles. The molecule has 1 aliphatic rings. The van der Waals surface area contributed by atoms with Gasteiger partial charge in [-0.2, -0.15) is 20.1 Å². The number of nitrogens with one attached hydrogen (secondary N) is 2. The van der Waals surface area contributed by atoms with Crippen molar-refractivity contribution in [3.05, 3.63) is 70.0 Å². The number of halogens is 1.